The molecule has 0 fully saturated rings. The van der Waals surface area contributed by atoms with Gasteiger partial charge in [-0.1, -0.05) is 15.9 Å². The maximum Gasteiger partial charge on any atom is 0.407 e. The smallest absolute Gasteiger partial charge is 0.407 e. The molecule has 0 aromatic heterocycles. The molecule has 0 rings (SSSR count). The highest BCUT2D eigenvalue weighted by atomic mass is 79.9. The monoisotopic (exact) mass is 751 g/mol. The van der Waals surface area contributed by atoms with E-state index in [1.165, 1.54) is 0 Å². The summed E-state index contributed by atoms with van der Waals surface area (Å²) in [4.78, 5) is 11.5. The Labute approximate surface area is 290 Å². The van der Waals surface area contributed by atoms with Gasteiger partial charge in [0.05, 0.1) is 159 Å². The highest BCUT2D eigenvalue weighted by molar-refractivity contribution is 9.09. The summed E-state index contributed by atoms with van der Waals surface area (Å²) in [6.45, 7) is 18.1. The molecule has 0 heterocycles. The topological polar surface area (TPSA) is 149 Å². The number of hydrogen-bond donors (Lipinski definition) is 1. The number of rotatable bonds is 38. The minimum atomic E-state index is -0.511. The normalized spacial score (nSPS) is 11.7. The maximum absolute atomic E-state index is 11.5. The Morgan fingerprint density at radius 3 is 0.830 bits per heavy atom. The first kappa shape index (κ1) is 46.3. The lowest BCUT2D eigenvalue weighted by molar-refractivity contribution is -0.0282. The molecule has 15 nitrogen and oxygen atoms in total. The van der Waals surface area contributed by atoms with Crippen LogP contribution in [0.3, 0.4) is 0 Å². The van der Waals surface area contributed by atoms with Crippen LogP contribution in [-0.2, 0) is 61.6 Å². The predicted octanol–water partition coefficient (Wildman–Crippen LogP) is 2.11. The number of amides is 1. The second-order valence-corrected chi connectivity index (χ2v) is 11.3. The molecule has 47 heavy (non-hydrogen) atoms. The van der Waals surface area contributed by atoms with Crippen LogP contribution in [0, 0.1) is 0 Å². The zero-order chi connectivity index (χ0) is 34.4. The fourth-order valence-corrected chi connectivity index (χ4v) is 3.34. The van der Waals surface area contributed by atoms with Crippen molar-refractivity contribution < 1.29 is 66.4 Å². The molecule has 0 unspecified atom stereocenters. The van der Waals surface area contributed by atoms with Gasteiger partial charge in [-0.3, -0.25) is 0 Å². The highest BCUT2D eigenvalue weighted by Crippen LogP contribution is 2.06. The number of halogens is 1. The van der Waals surface area contributed by atoms with E-state index in [0.717, 1.165) is 5.33 Å². The lowest BCUT2D eigenvalue weighted by Gasteiger charge is -2.19. The summed E-state index contributed by atoms with van der Waals surface area (Å²) >= 11 is 3.30. The SMILES string of the molecule is CC(C)(C)OC(=O)NCCOCCOCCOCCOCCOCCOCCOCCOCCOCCOCCOCCOCCBr. The second kappa shape index (κ2) is 38.1. The number of alkyl carbamates (subject to hydrolysis) is 1. The van der Waals surface area contributed by atoms with E-state index in [9.17, 15) is 4.79 Å². The molecule has 0 saturated carbocycles. The third-order valence-corrected chi connectivity index (χ3v) is 5.55. The van der Waals surface area contributed by atoms with Gasteiger partial charge in [-0.05, 0) is 20.8 Å². The molecule has 0 aromatic rings. The van der Waals surface area contributed by atoms with Crippen LogP contribution in [0.25, 0.3) is 0 Å². The standard InChI is InChI=1S/C31H62BrNO14/c1-31(2,3)47-30(34)33-5-7-36-9-11-38-13-15-40-17-19-42-21-23-44-25-27-46-29-28-45-26-24-43-22-20-41-18-16-39-14-12-37-10-8-35-6-4-32/h4-29H2,1-3H3,(H,33,34). The number of alkyl halides is 1. The van der Waals surface area contributed by atoms with Crippen molar-refractivity contribution in [3.8, 4) is 0 Å². The van der Waals surface area contributed by atoms with Gasteiger partial charge in [0.1, 0.15) is 5.60 Å². The van der Waals surface area contributed by atoms with E-state index in [4.69, 9.17) is 61.6 Å². The molecule has 0 saturated heterocycles. The van der Waals surface area contributed by atoms with E-state index in [1.807, 2.05) is 20.8 Å². The van der Waals surface area contributed by atoms with Gasteiger partial charge in [-0.15, -0.1) is 0 Å². The summed E-state index contributed by atoms with van der Waals surface area (Å²) in [6, 6.07) is 0. The molecule has 282 valence electrons. The molecule has 1 N–H and O–H groups in total. The fraction of sp³-hybridized carbons (Fsp3) is 0.968. The number of carbonyl (C=O) groups is 1. The highest BCUT2D eigenvalue weighted by Gasteiger charge is 2.15. The predicted molar refractivity (Wildman–Crippen MR) is 178 cm³/mol. The van der Waals surface area contributed by atoms with Crippen LogP contribution in [0.5, 0.6) is 0 Å². The minimum Gasteiger partial charge on any atom is -0.444 e. The quantitative estimate of drug-likeness (QED) is 0.0725. The van der Waals surface area contributed by atoms with E-state index in [1.54, 1.807) is 0 Å². The molecule has 0 atom stereocenters. The van der Waals surface area contributed by atoms with Gasteiger partial charge in [0.15, 0.2) is 0 Å². The Hall–Kier alpha value is -0.730. The van der Waals surface area contributed by atoms with E-state index >= 15 is 0 Å². The summed E-state index contributed by atoms with van der Waals surface area (Å²) in [5.74, 6) is 0. The van der Waals surface area contributed by atoms with Crippen LogP contribution in [0.2, 0.25) is 0 Å². The third kappa shape index (κ3) is 43.2. The summed E-state index contributed by atoms with van der Waals surface area (Å²) in [5, 5.41) is 3.46. The molecule has 0 aliphatic heterocycles. The zero-order valence-electron chi connectivity index (χ0n) is 29.0. The molecule has 16 heteroatoms. The van der Waals surface area contributed by atoms with Gasteiger partial charge in [0, 0.05) is 11.9 Å². The molecule has 0 aliphatic carbocycles. The van der Waals surface area contributed by atoms with Crippen molar-refractivity contribution in [2.24, 2.45) is 0 Å². The third-order valence-electron chi connectivity index (χ3n) is 5.23. The molecular formula is C31H62BrNO14. The van der Waals surface area contributed by atoms with Crippen molar-refractivity contribution in [3.05, 3.63) is 0 Å². The average Bonchev–Trinajstić information content (AvgIpc) is 3.03. The number of nitrogens with one attached hydrogen (secondary N) is 1. The van der Waals surface area contributed by atoms with Crippen LogP contribution in [0.1, 0.15) is 20.8 Å². The molecule has 0 bridgehead atoms. The molecule has 0 aromatic carbocycles. The van der Waals surface area contributed by atoms with Gasteiger partial charge in [-0.25, -0.2) is 4.79 Å². The van der Waals surface area contributed by atoms with Gasteiger partial charge in [0.2, 0.25) is 0 Å². The lowest BCUT2D eigenvalue weighted by atomic mass is 10.2. The molecule has 0 aliphatic rings. The van der Waals surface area contributed by atoms with Crippen molar-refractivity contribution in [3.63, 3.8) is 0 Å². The zero-order valence-corrected chi connectivity index (χ0v) is 30.6. The Morgan fingerprint density at radius 1 is 0.404 bits per heavy atom. The van der Waals surface area contributed by atoms with Crippen molar-refractivity contribution in [2.75, 3.05) is 170 Å². The summed E-state index contributed by atoms with van der Waals surface area (Å²) < 4.78 is 70.3. The first-order valence-electron chi connectivity index (χ1n) is 16.4. The average molecular weight is 753 g/mol. The van der Waals surface area contributed by atoms with Gasteiger partial charge < -0.3 is 66.9 Å². The van der Waals surface area contributed by atoms with E-state index in [0.29, 0.717) is 165 Å². The summed E-state index contributed by atoms with van der Waals surface area (Å²) in [5.41, 5.74) is -0.511. The second-order valence-electron chi connectivity index (χ2n) is 10.5. The Kier molecular flexibility index (Phi) is 37.5. The minimum absolute atomic E-state index is 0.382. The fourth-order valence-electron chi connectivity index (χ4n) is 3.12. The Balaban J connectivity index is 3.09. The first-order valence-corrected chi connectivity index (χ1v) is 17.5. The van der Waals surface area contributed by atoms with Crippen LogP contribution < -0.4 is 5.32 Å². The molecular weight excluding hydrogens is 690 g/mol. The first-order chi connectivity index (χ1) is 23.0. The van der Waals surface area contributed by atoms with Crippen LogP contribution in [0.4, 0.5) is 4.79 Å². The van der Waals surface area contributed by atoms with E-state index < -0.39 is 11.7 Å². The Bertz CT molecular complexity index is 634. The van der Waals surface area contributed by atoms with E-state index in [-0.39, 0.29) is 0 Å². The van der Waals surface area contributed by atoms with Crippen LogP contribution in [0.15, 0.2) is 0 Å². The summed E-state index contributed by atoms with van der Waals surface area (Å²) in [7, 11) is 0. The molecule has 0 spiro atoms. The number of carbonyl (C=O) groups excluding carboxylic acids is 1. The Morgan fingerprint density at radius 2 is 0.617 bits per heavy atom. The van der Waals surface area contributed by atoms with Crippen molar-refractivity contribution in [2.45, 2.75) is 26.4 Å². The van der Waals surface area contributed by atoms with Crippen molar-refractivity contribution in [1.29, 1.82) is 0 Å². The largest absolute Gasteiger partial charge is 0.444 e. The number of ether oxygens (including phenoxy) is 13. The van der Waals surface area contributed by atoms with Gasteiger partial charge >= 0.3 is 6.09 Å². The van der Waals surface area contributed by atoms with Crippen molar-refractivity contribution in [1.82, 2.24) is 5.32 Å². The maximum atomic E-state index is 11.5. The van der Waals surface area contributed by atoms with Crippen LogP contribution in [-0.4, -0.2) is 182 Å². The number of hydrogen-bond acceptors (Lipinski definition) is 14. The van der Waals surface area contributed by atoms with Gasteiger partial charge in [-0.2, -0.15) is 0 Å². The van der Waals surface area contributed by atoms with Gasteiger partial charge in [0.25, 0.3) is 0 Å². The van der Waals surface area contributed by atoms with E-state index in [2.05, 4.69) is 21.2 Å². The molecule has 1 amide bonds. The molecule has 0 radical (unpaired) electrons. The van der Waals surface area contributed by atoms with Crippen molar-refractivity contribution >= 4 is 22.0 Å². The lowest BCUT2D eigenvalue weighted by Crippen LogP contribution is -2.34. The summed E-state index contributed by atoms with van der Waals surface area (Å²) in [6.07, 6.45) is -0.452. The van der Waals surface area contributed by atoms with Crippen LogP contribution >= 0.6 is 15.9 Å².